The average Bonchev–Trinajstić information content (AvgIpc) is 3.01. The quantitative estimate of drug-likeness (QED) is 0.913. The van der Waals surface area contributed by atoms with Gasteiger partial charge in [0.1, 0.15) is 0 Å². The second-order valence-corrected chi connectivity index (χ2v) is 5.00. The summed E-state index contributed by atoms with van der Waals surface area (Å²) in [7, 11) is 1.81. The molecule has 0 aliphatic carbocycles. The first kappa shape index (κ1) is 12.8. The summed E-state index contributed by atoms with van der Waals surface area (Å²) in [4.78, 5) is 15.7. The molecule has 1 aliphatic rings. The van der Waals surface area contributed by atoms with Gasteiger partial charge in [0, 0.05) is 32.0 Å². The zero-order chi connectivity index (χ0) is 13.9. The van der Waals surface area contributed by atoms with Crippen LogP contribution in [0, 0.1) is 0 Å². The van der Waals surface area contributed by atoms with Crippen LogP contribution in [0.1, 0.15) is 26.2 Å². The highest BCUT2D eigenvalue weighted by atomic mass is 15.4. The van der Waals surface area contributed by atoms with Gasteiger partial charge in [-0.25, -0.2) is 4.68 Å². The van der Waals surface area contributed by atoms with E-state index in [1.807, 2.05) is 19.3 Å². The monoisotopic (exact) mass is 273 g/mol. The van der Waals surface area contributed by atoms with Gasteiger partial charge < -0.3 is 10.2 Å². The van der Waals surface area contributed by atoms with E-state index >= 15 is 0 Å². The molecule has 0 radical (unpaired) electrons. The molecule has 0 aromatic carbocycles. The van der Waals surface area contributed by atoms with Gasteiger partial charge in [0.2, 0.25) is 11.9 Å². The fraction of sp³-hybridized carbons (Fsp3) is 0.538. The van der Waals surface area contributed by atoms with E-state index < -0.39 is 0 Å². The first-order valence-electron chi connectivity index (χ1n) is 6.98. The van der Waals surface area contributed by atoms with Crippen molar-refractivity contribution in [3.05, 3.63) is 18.5 Å². The van der Waals surface area contributed by atoms with E-state index in [0.717, 1.165) is 12.5 Å². The third-order valence-electron chi connectivity index (χ3n) is 3.60. The van der Waals surface area contributed by atoms with Crippen LogP contribution in [-0.2, 0) is 0 Å². The number of hydrogen-bond donors (Lipinski definition) is 1. The van der Waals surface area contributed by atoms with Crippen LogP contribution in [0.4, 0.5) is 11.9 Å². The van der Waals surface area contributed by atoms with Crippen molar-refractivity contribution in [2.75, 3.05) is 23.8 Å². The average molecular weight is 273 g/mol. The van der Waals surface area contributed by atoms with Gasteiger partial charge >= 0.3 is 0 Å². The van der Waals surface area contributed by atoms with Crippen LogP contribution < -0.4 is 10.2 Å². The number of aromatic nitrogens is 5. The lowest BCUT2D eigenvalue weighted by molar-refractivity contribution is 0.476. The van der Waals surface area contributed by atoms with Crippen molar-refractivity contribution in [1.82, 2.24) is 24.7 Å². The second-order valence-electron chi connectivity index (χ2n) is 5.00. The Kier molecular flexibility index (Phi) is 3.49. The third kappa shape index (κ3) is 2.43. The molecule has 1 atom stereocenters. The number of piperidine rings is 1. The molecule has 7 heteroatoms. The Labute approximate surface area is 118 Å². The molecule has 20 heavy (non-hydrogen) atoms. The first-order chi connectivity index (χ1) is 9.78. The molecular formula is C13H19N7. The highest BCUT2D eigenvalue weighted by molar-refractivity contribution is 5.40. The highest BCUT2D eigenvalue weighted by Gasteiger charge is 2.22. The number of hydrogen-bond acceptors (Lipinski definition) is 6. The molecule has 1 fully saturated rings. The molecule has 2 aromatic heterocycles. The largest absolute Gasteiger partial charge is 0.357 e. The van der Waals surface area contributed by atoms with Crippen molar-refractivity contribution in [3.63, 3.8) is 0 Å². The molecule has 0 spiro atoms. The predicted molar refractivity (Wildman–Crippen MR) is 77.2 cm³/mol. The van der Waals surface area contributed by atoms with Crippen LogP contribution in [0.3, 0.4) is 0 Å². The highest BCUT2D eigenvalue weighted by Crippen LogP contribution is 2.22. The summed E-state index contributed by atoms with van der Waals surface area (Å²) in [5.74, 6) is 1.84. The first-order valence-corrected chi connectivity index (χ1v) is 6.98. The molecule has 3 rings (SSSR count). The fourth-order valence-corrected chi connectivity index (χ4v) is 2.48. The standard InChI is InChI=1S/C13H19N7/c1-10-6-3-4-8-19(10)12-16-11(14-2)17-13(18-12)20-9-5-7-15-20/h5,7,9-10H,3-4,6,8H2,1-2H3,(H,14,16,17,18). The molecule has 0 bridgehead atoms. The van der Waals surface area contributed by atoms with Gasteiger partial charge in [0.25, 0.3) is 5.95 Å². The van der Waals surface area contributed by atoms with Crippen molar-refractivity contribution >= 4 is 11.9 Å². The number of nitrogens with zero attached hydrogens (tertiary/aromatic N) is 6. The van der Waals surface area contributed by atoms with Crippen molar-refractivity contribution < 1.29 is 0 Å². The molecule has 3 heterocycles. The summed E-state index contributed by atoms with van der Waals surface area (Å²) in [6, 6.07) is 2.31. The molecule has 1 saturated heterocycles. The zero-order valence-corrected chi connectivity index (χ0v) is 11.8. The Balaban J connectivity index is 1.99. The number of anilines is 2. The van der Waals surface area contributed by atoms with Gasteiger partial charge in [-0.1, -0.05) is 0 Å². The van der Waals surface area contributed by atoms with E-state index in [9.17, 15) is 0 Å². The maximum atomic E-state index is 4.56. The van der Waals surface area contributed by atoms with Crippen LogP contribution in [0.15, 0.2) is 18.5 Å². The molecule has 7 nitrogen and oxygen atoms in total. The van der Waals surface area contributed by atoms with Crippen molar-refractivity contribution in [2.24, 2.45) is 0 Å². The predicted octanol–water partition coefficient (Wildman–Crippen LogP) is 1.48. The summed E-state index contributed by atoms with van der Waals surface area (Å²) >= 11 is 0. The van der Waals surface area contributed by atoms with E-state index in [1.54, 1.807) is 10.9 Å². The minimum atomic E-state index is 0.460. The van der Waals surface area contributed by atoms with Gasteiger partial charge in [0.15, 0.2) is 0 Å². The Hall–Kier alpha value is -2.18. The van der Waals surface area contributed by atoms with Gasteiger partial charge in [-0.3, -0.25) is 0 Å². The molecular weight excluding hydrogens is 254 g/mol. The molecule has 1 N–H and O–H groups in total. The summed E-state index contributed by atoms with van der Waals surface area (Å²) in [5, 5.41) is 7.18. The van der Waals surface area contributed by atoms with Crippen LogP contribution in [0.5, 0.6) is 0 Å². The molecule has 0 amide bonds. The van der Waals surface area contributed by atoms with Gasteiger partial charge in [-0.05, 0) is 32.3 Å². The van der Waals surface area contributed by atoms with Crippen molar-refractivity contribution in [2.45, 2.75) is 32.2 Å². The molecule has 1 unspecified atom stereocenters. The van der Waals surface area contributed by atoms with E-state index in [4.69, 9.17) is 0 Å². The van der Waals surface area contributed by atoms with Crippen LogP contribution in [-0.4, -0.2) is 44.4 Å². The fourth-order valence-electron chi connectivity index (χ4n) is 2.48. The summed E-state index contributed by atoms with van der Waals surface area (Å²) in [6.07, 6.45) is 7.18. The second kappa shape index (κ2) is 5.44. The minimum Gasteiger partial charge on any atom is -0.357 e. The summed E-state index contributed by atoms with van der Waals surface area (Å²) in [5.41, 5.74) is 0. The van der Waals surface area contributed by atoms with E-state index in [1.165, 1.54) is 19.3 Å². The molecule has 1 aliphatic heterocycles. The lowest BCUT2D eigenvalue weighted by Gasteiger charge is -2.33. The van der Waals surface area contributed by atoms with Crippen molar-refractivity contribution in [1.29, 1.82) is 0 Å². The van der Waals surface area contributed by atoms with Gasteiger partial charge in [0.05, 0.1) is 0 Å². The van der Waals surface area contributed by atoms with Gasteiger partial charge in [-0.2, -0.15) is 20.1 Å². The van der Waals surface area contributed by atoms with Gasteiger partial charge in [-0.15, -0.1) is 0 Å². The van der Waals surface area contributed by atoms with Crippen molar-refractivity contribution in [3.8, 4) is 5.95 Å². The normalized spacial score (nSPS) is 19.1. The molecule has 2 aromatic rings. The minimum absolute atomic E-state index is 0.460. The smallest absolute Gasteiger partial charge is 0.257 e. The lowest BCUT2D eigenvalue weighted by atomic mass is 10.0. The maximum Gasteiger partial charge on any atom is 0.257 e. The third-order valence-corrected chi connectivity index (χ3v) is 3.60. The lowest BCUT2D eigenvalue weighted by Crippen LogP contribution is -2.39. The number of nitrogens with one attached hydrogen (secondary N) is 1. The Morgan fingerprint density at radius 3 is 2.75 bits per heavy atom. The summed E-state index contributed by atoms with van der Waals surface area (Å²) in [6.45, 7) is 3.21. The maximum absolute atomic E-state index is 4.56. The van der Waals surface area contributed by atoms with Crippen LogP contribution in [0.25, 0.3) is 5.95 Å². The Morgan fingerprint density at radius 1 is 1.20 bits per heavy atom. The Morgan fingerprint density at radius 2 is 2.05 bits per heavy atom. The van der Waals surface area contributed by atoms with E-state index in [-0.39, 0.29) is 0 Å². The Bertz CT molecular complexity index is 566. The molecule has 0 saturated carbocycles. The SMILES string of the molecule is CNc1nc(N2CCCCC2C)nc(-n2cccn2)n1. The number of rotatable bonds is 3. The van der Waals surface area contributed by atoms with Crippen LogP contribution >= 0.6 is 0 Å². The topological polar surface area (TPSA) is 71.8 Å². The summed E-state index contributed by atoms with van der Waals surface area (Å²) < 4.78 is 1.65. The zero-order valence-electron chi connectivity index (χ0n) is 11.8. The van der Waals surface area contributed by atoms with E-state index in [0.29, 0.717) is 17.9 Å². The van der Waals surface area contributed by atoms with Crippen LogP contribution in [0.2, 0.25) is 0 Å². The van der Waals surface area contributed by atoms with E-state index in [2.05, 4.69) is 37.2 Å². The molecule has 106 valence electrons.